The minimum absolute atomic E-state index is 0.102. The third-order valence-electron chi connectivity index (χ3n) is 2.90. The molecule has 1 aromatic carbocycles. The summed E-state index contributed by atoms with van der Waals surface area (Å²) in [5, 5.41) is 3.49. The van der Waals surface area contributed by atoms with Crippen LogP contribution in [0.1, 0.15) is 26.3 Å². The summed E-state index contributed by atoms with van der Waals surface area (Å²) in [7, 11) is 0. The largest absolute Gasteiger partial charge is 0.314 e. The Kier molecular flexibility index (Phi) is 5.41. The first kappa shape index (κ1) is 14.5. The molecule has 1 rings (SSSR count). The first-order valence-electron chi connectivity index (χ1n) is 6.06. The van der Waals surface area contributed by atoms with E-state index in [1.54, 1.807) is 0 Å². The van der Waals surface area contributed by atoms with Gasteiger partial charge in [0, 0.05) is 22.5 Å². The second kappa shape index (κ2) is 6.36. The summed E-state index contributed by atoms with van der Waals surface area (Å²) in [4.78, 5) is 0. The standard InChI is InChI=1S/C15H22BrN/c1-5-15(4,11-17-12(2)3)10-13-7-6-8-14(16)9-13/h5-9,12,17H,1,10-11H2,2-4H3. The van der Waals surface area contributed by atoms with Crippen molar-refractivity contribution in [1.29, 1.82) is 0 Å². The minimum Gasteiger partial charge on any atom is -0.314 e. The topological polar surface area (TPSA) is 12.0 Å². The highest BCUT2D eigenvalue weighted by Crippen LogP contribution is 2.24. The number of benzene rings is 1. The SMILES string of the molecule is C=CC(C)(CNC(C)C)Cc1cccc(Br)c1. The number of hydrogen-bond acceptors (Lipinski definition) is 1. The highest BCUT2D eigenvalue weighted by molar-refractivity contribution is 9.10. The normalized spacial score (nSPS) is 14.6. The Morgan fingerprint density at radius 1 is 1.47 bits per heavy atom. The Labute approximate surface area is 113 Å². The lowest BCUT2D eigenvalue weighted by Crippen LogP contribution is -2.35. The molecular weight excluding hydrogens is 274 g/mol. The molecule has 1 aromatic rings. The van der Waals surface area contributed by atoms with Crippen molar-refractivity contribution in [3.63, 3.8) is 0 Å². The van der Waals surface area contributed by atoms with Crippen LogP contribution in [0, 0.1) is 5.41 Å². The molecule has 94 valence electrons. The third kappa shape index (κ3) is 5.05. The Morgan fingerprint density at radius 2 is 2.18 bits per heavy atom. The summed E-state index contributed by atoms with van der Waals surface area (Å²) in [6, 6.07) is 9.00. The van der Waals surface area contributed by atoms with E-state index in [2.05, 4.69) is 78.9 Å². The average Bonchev–Trinajstić information content (AvgIpc) is 2.26. The van der Waals surface area contributed by atoms with Gasteiger partial charge in [-0.1, -0.05) is 54.9 Å². The molecule has 17 heavy (non-hydrogen) atoms. The Hall–Kier alpha value is -0.600. The van der Waals surface area contributed by atoms with Crippen LogP contribution in [0.25, 0.3) is 0 Å². The Morgan fingerprint density at radius 3 is 2.71 bits per heavy atom. The van der Waals surface area contributed by atoms with Gasteiger partial charge in [0.05, 0.1) is 0 Å². The molecule has 1 N–H and O–H groups in total. The molecule has 0 bridgehead atoms. The lowest BCUT2D eigenvalue weighted by molar-refractivity contribution is 0.373. The van der Waals surface area contributed by atoms with Crippen molar-refractivity contribution in [2.45, 2.75) is 33.2 Å². The molecule has 0 aliphatic rings. The molecule has 2 heteroatoms. The average molecular weight is 296 g/mol. The molecule has 1 nitrogen and oxygen atoms in total. The van der Waals surface area contributed by atoms with Gasteiger partial charge in [-0.2, -0.15) is 0 Å². The molecule has 0 saturated heterocycles. The van der Waals surface area contributed by atoms with Gasteiger partial charge in [0.1, 0.15) is 0 Å². The maximum absolute atomic E-state index is 3.98. The van der Waals surface area contributed by atoms with Crippen LogP contribution >= 0.6 is 15.9 Å². The van der Waals surface area contributed by atoms with E-state index in [4.69, 9.17) is 0 Å². The highest BCUT2D eigenvalue weighted by atomic mass is 79.9. The van der Waals surface area contributed by atoms with Crippen molar-refractivity contribution in [2.75, 3.05) is 6.54 Å². The quantitative estimate of drug-likeness (QED) is 0.776. The van der Waals surface area contributed by atoms with Crippen LogP contribution in [0.5, 0.6) is 0 Å². The van der Waals surface area contributed by atoms with E-state index in [9.17, 15) is 0 Å². The summed E-state index contributed by atoms with van der Waals surface area (Å²) in [6.45, 7) is 11.5. The molecule has 0 fully saturated rings. The lowest BCUT2D eigenvalue weighted by atomic mass is 9.83. The van der Waals surface area contributed by atoms with Crippen molar-refractivity contribution < 1.29 is 0 Å². The van der Waals surface area contributed by atoms with Gasteiger partial charge in [-0.3, -0.25) is 0 Å². The van der Waals surface area contributed by atoms with E-state index >= 15 is 0 Å². The van der Waals surface area contributed by atoms with Gasteiger partial charge in [-0.25, -0.2) is 0 Å². The molecule has 1 atom stereocenters. The van der Waals surface area contributed by atoms with Crippen molar-refractivity contribution in [3.8, 4) is 0 Å². The molecule has 0 amide bonds. The monoisotopic (exact) mass is 295 g/mol. The highest BCUT2D eigenvalue weighted by Gasteiger charge is 2.20. The Bertz CT molecular complexity index is 373. The van der Waals surface area contributed by atoms with Crippen LogP contribution in [0.4, 0.5) is 0 Å². The fourth-order valence-corrected chi connectivity index (χ4v) is 2.20. The second-order valence-electron chi connectivity index (χ2n) is 5.20. The molecule has 0 spiro atoms. The number of rotatable bonds is 6. The number of hydrogen-bond donors (Lipinski definition) is 1. The van der Waals surface area contributed by atoms with Crippen LogP contribution in [0.2, 0.25) is 0 Å². The third-order valence-corrected chi connectivity index (χ3v) is 3.40. The zero-order valence-electron chi connectivity index (χ0n) is 11.0. The zero-order chi connectivity index (χ0) is 12.9. The predicted octanol–water partition coefficient (Wildman–Crippen LogP) is 4.18. The summed E-state index contributed by atoms with van der Waals surface area (Å²) < 4.78 is 1.14. The van der Waals surface area contributed by atoms with Crippen LogP contribution in [-0.4, -0.2) is 12.6 Å². The maximum atomic E-state index is 3.98. The van der Waals surface area contributed by atoms with Crippen molar-refractivity contribution in [2.24, 2.45) is 5.41 Å². The second-order valence-corrected chi connectivity index (χ2v) is 6.12. The van der Waals surface area contributed by atoms with Crippen molar-refractivity contribution >= 4 is 15.9 Å². The van der Waals surface area contributed by atoms with E-state index in [1.165, 1.54) is 5.56 Å². The molecule has 0 radical (unpaired) electrons. The van der Waals surface area contributed by atoms with E-state index in [1.807, 2.05) is 0 Å². The van der Waals surface area contributed by atoms with E-state index in [0.29, 0.717) is 6.04 Å². The van der Waals surface area contributed by atoms with Crippen LogP contribution in [0.3, 0.4) is 0 Å². The van der Waals surface area contributed by atoms with E-state index in [-0.39, 0.29) is 5.41 Å². The maximum Gasteiger partial charge on any atom is 0.0178 e. The van der Waals surface area contributed by atoms with Crippen molar-refractivity contribution in [1.82, 2.24) is 5.32 Å². The molecular formula is C15H22BrN. The molecule has 0 aromatic heterocycles. The fraction of sp³-hybridized carbons (Fsp3) is 0.467. The van der Waals surface area contributed by atoms with Gasteiger partial charge in [-0.15, -0.1) is 6.58 Å². The zero-order valence-corrected chi connectivity index (χ0v) is 12.5. The fourth-order valence-electron chi connectivity index (χ4n) is 1.76. The van der Waals surface area contributed by atoms with Gasteiger partial charge in [-0.05, 0) is 24.1 Å². The van der Waals surface area contributed by atoms with Gasteiger partial charge >= 0.3 is 0 Å². The van der Waals surface area contributed by atoms with Crippen LogP contribution < -0.4 is 5.32 Å². The molecule has 1 unspecified atom stereocenters. The van der Waals surface area contributed by atoms with Gasteiger partial charge in [0.25, 0.3) is 0 Å². The Balaban J connectivity index is 2.71. The van der Waals surface area contributed by atoms with E-state index in [0.717, 1.165) is 17.4 Å². The summed E-state index contributed by atoms with van der Waals surface area (Å²) >= 11 is 3.51. The van der Waals surface area contributed by atoms with Crippen LogP contribution in [-0.2, 0) is 6.42 Å². The predicted molar refractivity (Wildman–Crippen MR) is 79.3 cm³/mol. The van der Waals surface area contributed by atoms with Gasteiger partial charge < -0.3 is 5.32 Å². The number of nitrogens with one attached hydrogen (secondary N) is 1. The lowest BCUT2D eigenvalue weighted by Gasteiger charge is -2.27. The molecule has 0 aliphatic carbocycles. The van der Waals surface area contributed by atoms with Crippen LogP contribution in [0.15, 0.2) is 41.4 Å². The first-order chi connectivity index (χ1) is 7.95. The summed E-state index contributed by atoms with van der Waals surface area (Å²) in [6.07, 6.45) is 3.07. The first-order valence-corrected chi connectivity index (χ1v) is 6.86. The van der Waals surface area contributed by atoms with Gasteiger partial charge in [0.15, 0.2) is 0 Å². The summed E-state index contributed by atoms with van der Waals surface area (Å²) in [5.41, 5.74) is 1.44. The van der Waals surface area contributed by atoms with Crippen molar-refractivity contribution in [3.05, 3.63) is 47.0 Å². The summed E-state index contributed by atoms with van der Waals surface area (Å²) in [5.74, 6) is 0. The number of halogens is 1. The molecule has 0 aliphatic heterocycles. The van der Waals surface area contributed by atoms with E-state index < -0.39 is 0 Å². The minimum atomic E-state index is 0.102. The molecule has 0 heterocycles. The van der Waals surface area contributed by atoms with Gasteiger partial charge in [0.2, 0.25) is 0 Å². The smallest absolute Gasteiger partial charge is 0.0178 e. The molecule has 0 saturated carbocycles.